The first-order valence-corrected chi connectivity index (χ1v) is 5.23. The third-order valence-electron chi connectivity index (χ3n) is 2.80. The number of amides is 1. The third kappa shape index (κ3) is 1.69. The number of methoxy groups -OCH3 is 1. The Balaban J connectivity index is 2.42. The van der Waals surface area contributed by atoms with Gasteiger partial charge in [-0.1, -0.05) is 0 Å². The van der Waals surface area contributed by atoms with Crippen molar-refractivity contribution >= 4 is 11.6 Å². The molecule has 0 unspecified atom stereocenters. The molecule has 0 saturated heterocycles. The molecule has 1 aromatic rings. The van der Waals surface area contributed by atoms with Crippen LogP contribution in [-0.4, -0.2) is 19.6 Å². The van der Waals surface area contributed by atoms with E-state index in [2.05, 4.69) is 0 Å². The van der Waals surface area contributed by atoms with Crippen LogP contribution in [0.15, 0.2) is 18.2 Å². The Morgan fingerprint density at radius 3 is 2.87 bits per heavy atom. The van der Waals surface area contributed by atoms with Gasteiger partial charge in [0.25, 0.3) is 0 Å². The molecule has 0 N–H and O–H groups in total. The smallest absolute Gasteiger partial charge is 0.227 e. The molecule has 0 bridgehead atoms. The Kier molecular flexibility index (Phi) is 2.62. The first-order chi connectivity index (χ1) is 7.26. The van der Waals surface area contributed by atoms with Crippen molar-refractivity contribution in [3.8, 4) is 5.75 Å². The second-order valence-corrected chi connectivity index (χ2v) is 3.63. The zero-order valence-corrected chi connectivity index (χ0v) is 9.12. The monoisotopic (exact) mass is 205 g/mol. The van der Waals surface area contributed by atoms with Gasteiger partial charge in [-0.15, -0.1) is 0 Å². The largest absolute Gasteiger partial charge is 0.497 e. The Labute approximate surface area is 89.7 Å². The molecule has 15 heavy (non-hydrogen) atoms. The van der Waals surface area contributed by atoms with E-state index in [1.54, 1.807) is 7.11 Å². The van der Waals surface area contributed by atoms with E-state index in [9.17, 15) is 4.79 Å². The molecule has 80 valence electrons. The van der Waals surface area contributed by atoms with E-state index in [1.807, 2.05) is 30.0 Å². The minimum atomic E-state index is 0.218. The van der Waals surface area contributed by atoms with Crippen LogP contribution in [0, 0.1) is 0 Å². The molecule has 1 aliphatic rings. The fourth-order valence-corrected chi connectivity index (χ4v) is 2.01. The van der Waals surface area contributed by atoms with Crippen LogP contribution in [0.4, 0.5) is 5.69 Å². The number of hydrogen-bond acceptors (Lipinski definition) is 2. The van der Waals surface area contributed by atoms with Crippen molar-refractivity contribution in [2.24, 2.45) is 0 Å². The van der Waals surface area contributed by atoms with Crippen molar-refractivity contribution in [2.75, 3.05) is 18.6 Å². The van der Waals surface area contributed by atoms with Crippen molar-refractivity contribution in [1.82, 2.24) is 0 Å². The summed E-state index contributed by atoms with van der Waals surface area (Å²) < 4.78 is 5.17. The molecule has 0 atom stereocenters. The second-order valence-electron chi connectivity index (χ2n) is 3.63. The molecule has 3 nitrogen and oxygen atoms in total. The van der Waals surface area contributed by atoms with Crippen molar-refractivity contribution in [1.29, 1.82) is 0 Å². The van der Waals surface area contributed by atoms with E-state index in [0.717, 1.165) is 24.4 Å². The first kappa shape index (κ1) is 10.0. The first-order valence-electron chi connectivity index (χ1n) is 5.23. The molecule has 1 aliphatic heterocycles. The Hall–Kier alpha value is -1.51. The zero-order valence-electron chi connectivity index (χ0n) is 9.12. The second kappa shape index (κ2) is 3.93. The van der Waals surface area contributed by atoms with Crippen LogP contribution in [-0.2, 0) is 11.2 Å². The summed E-state index contributed by atoms with van der Waals surface area (Å²) in [4.78, 5) is 13.5. The molecular weight excluding hydrogens is 190 g/mol. The molecule has 3 heteroatoms. The van der Waals surface area contributed by atoms with Gasteiger partial charge in [0, 0.05) is 18.7 Å². The number of hydrogen-bond donors (Lipinski definition) is 0. The summed E-state index contributed by atoms with van der Waals surface area (Å²) in [5.41, 5.74) is 2.24. The van der Waals surface area contributed by atoms with Gasteiger partial charge in [0.2, 0.25) is 5.91 Å². The van der Waals surface area contributed by atoms with E-state index in [0.29, 0.717) is 6.42 Å². The summed E-state index contributed by atoms with van der Waals surface area (Å²) in [6.07, 6.45) is 1.43. The van der Waals surface area contributed by atoms with Gasteiger partial charge < -0.3 is 9.64 Å². The van der Waals surface area contributed by atoms with E-state index in [-0.39, 0.29) is 5.91 Å². The highest BCUT2D eigenvalue weighted by Crippen LogP contribution is 2.30. The quantitative estimate of drug-likeness (QED) is 0.739. The van der Waals surface area contributed by atoms with Gasteiger partial charge in [-0.25, -0.2) is 0 Å². The number of carbonyl (C=O) groups is 1. The Morgan fingerprint density at radius 1 is 1.40 bits per heavy atom. The molecule has 0 aliphatic carbocycles. The lowest BCUT2D eigenvalue weighted by atomic mass is 10.0. The van der Waals surface area contributed by atoms with Gasteiger partial charge in [-0.3, -0.25) is 4.79 Å². The molecule has 1 aromatic carbocycles. The number of rotatable bonds is 2. The lowest BCUT2D eigenvalue weighted by molar-refractivity contribution is -0.118. The van der Waals surface area contributed by atoms with Gasteiger partial charge in [-0.05, 0) is 37.1 Å². The zero-order chi connectivity index (χ0) is 10.8. The van der Waals surface area contributed by atoms with Gasteiger partial charge in [0.15, 0.2) is 0 Å². The normalized spacial score (nSPS) is 15.1. The summed E-state index contributed by atoms with van der Waals surface area (Å²) >= 11 is 0. The van der Waals surface area contributed by atoms with E-state index < -0.39 is 0 Å². The molecule has 0 fully saturated rings. The average Bonchev–Trinajstić information content (AvgIpc) is 2.28. The molecular formula is C12H15NO2. The summed E-state index contributed by atoms with van der Waals surface area (Å²) in [6, 6.07) is 5.89. The standard InChI is InChI=1S/C12H15NO2/c1-3-13-11-6-5-10(15-2)8-9(11)4-7-12(13)14/h5-6,8H,3-4,7H2,1-2H3. The van der Waals surface area contributed by atoms with Crippen LogP contribution < -0.4 is 9.64 Å². The van der Waals surface area contributed by atoms with Crippen LogP contribution in [0.25, 0.3) is 0 Å². The van der Waals surface area contributed by atoms with E-state index in [1.165, 1.54) is 5.56 Å². The van der Waals surface area contributed by atoms with Crippen molar-refractivity contribution in [3.63, 3.8) is 0 Å². The van der Waals surface area contributed by atoms with Gasteiger partial charge in [-0.2, -0.15) is 0 Å². The minimum Gasteiger partial charge on any atom is -0.497 e. The van der Waals surface area contributed by atoms with Crippen molar-refractivity contribution in [3.05, 3.63) is 23.8 Å². The maximum absolute atomic E-state index is 11.6. The summed E-state index contributed by atoms with van der Waals surface area (Å²) in [7, 11) is 1.66. The average molecular weight is 205 g/mol. The minimum absolute atomic E-state index is 0.218. The maximum Gasteiger partial charge on any atom is 0.227 e. The molecule has 0 radical (unpaired) electrons. The fraction of sp³-hybridized carbons (Fsp3) is 0.417. The number of carbonyl (C=O) groups excluding carboxylic acids is 1. The van der Waals surface area contributed by atoms with Crippen molar-refractivity contribution < 1.29 is 9.53 Å². The molecule has 1 heterocycles. The summed E-state index contributed by atoms with van der Waals surface area (Å²) in [5, 5.41) is 0. The Bertz CT molecular complexity index is 387. The molecule has 1 amide bonds. The fourth-order valence-electron chi connectivity index (χ4n) is 2.01. The number of anilines is 1. The van der Waals surface area contributed by atoms with Crippen molar-refractivity contribution in [2.45, 2.75) is 19.8 Å². The molecule has 2 rings (SSSR count). The Morgan fingerprint density at radius 2 is 2.20 bits per heavy atom. The van der Waals surface area contributed by atoms with Gasteiger partial charge >= 0.3 is 0 Å². The highest BCUT2D eigenvalue weighted by Gasteiger charge is 2.22. The summed E-state index contributed by atoms with van der Waals surface area (Å²) in [5.74, 6) is 1.08. The predicted molar refractivity (Wildman–Crippen MR) is 59.3 cm³/mol. The van der Waals surface area contributed by atoms with Crippen LogP contribution >= 0.6 is 0 Å². The third-order valence-corrected chi connectivity index (χ3v) is 2.80. The van der Waals surface area contributed by atoms with Gasteiger partial charge in [0.1, 0.15) is 5.75 Å². The van der Waals surface area contributed by atoms with E-state index in [4.69, 9.17) is 4.74 Å². The SMILES string of the molecule is CCN1C(=O)CCc2cc(OC)ccc21. The van der Waals surface area contributed by atoms with E-state index >= 15 is 0 Å². The number of aryl methyl sites for hydroxylation is 1. The van der Waals surface area contributed by atoms with Crippen LogP contribution in [0.3, 0.4) is 0 Å². The molecule has 0 spiro atoms. The molecule has 0 saturated carbocycles. The number of ether oxygens (including phenoxy) is 1. The van der Waals surface area contributed by atoms with Gasteiger partial charge in [0.05, 0.1) is 7.11 Å². The predicted octanol–water partition coefficient (Wildman–Crippen LogP) is 1.99. The van der Waals surface area contributed by atoms with Crippen LogP contribution in [0.5, 0.6) is 5.75 Å². The van der Waals surface area contributed by atoms with Crippen LogP contribution in [0.2, 0.25) is 0 Å². The highest BCUT2D eigenvalue weighted by atomic mass is 16.5. The number of fused-ring (bicyclic) bond motifs is 1. The molecule has 0 aromatic heterocycles. The highest BCUT2D eigenvalue weighted by molar-refractivity contribution is 5.96. The topological polar surface area (TPSA) is 29.5 Å². The lowest BCUT2D eigenvalue weighted by Gasteiger charge is -2.28. The van der Waals surface area contributed by atoms with Crippen LogP contribution in [0.1, 0.15) is 18.9 Å². The lowest BCUT2D eigenvalue weighted by Crippen LogP contribution is -2.34. The summed E-state index contributed by atoms with van der Waals surface area (Å²) in [6.45, 7) is 2.73. The maximum atomic E-state index is 11.6. The number of nitrogens with zero attached hydrogens (tertiary/aromatic N) is 1. The number of benzene rings is 1.